The molecule has 17 heavy (non-hydrogen) atoms. The Hall–Kier alpha value is -1.47. The van der Waals surface area contributed by atoms with E-state index in [1.54, 1.807) is 19.1 Å². The van der Waals surface area contributed by atoms with Crippen molar-refractivity contribution in [3.8, 4) is 0 Å². The second kappa shape index (κ2) is 3.78. The van der Waals surface area contributed by atoms with Gasteiger partial charge in [0, 0.05) is 19.2 Å². The number of hydrogen-bond donors (Lipinski definition) is 0. The van der Waals surface area contributed by atoms with Crippen LogP contribution in [0.1, 0.15) is 16.7 Å². The number of aryl methyl sites for hydroxylation is 1. The van der Waals surface area contributed by atoms with Crippen LogP contribution in [0, 0.1) is 17.0 Å². The van der Waals surface area contributed by atoms with Crippen molar-refractivity contribution < 1.29 is 13.3 Å². The van der Waals surface area contributed by atoms with E-state index in [0.717, 1.165) is 0 Å². The average molecular weight is 256 g/mol. The predicted octanol–water partition coefficient (Wildman–Crippen LogP) is 1.18. The van der Waals surface area contributed by atoms with Crippen LogP contribution in [-0.2, 0) is 22.3 Å². The lowest BCUT2D eigenvalue weighted by Gasteiger charge is -2.24. The lowest BCUT2D eigenvalue weighted by atomic mass is 10.0. The van der Waals surface area contributed by atoms with Crippen LogP contribution < -0.4 is 0 Å². The maximum atomic E-state index is 11.7. The van der Waals surface area contributed by atoms with Crippen molar-refractivity contribution >= 4 is 15.7 Å². The number of sulfonamides is 1. The minimum Gasteiger partial charge on any atom is -0.258 e. The van der Waals surface area contributed by atoms with Gasteiger partial charge in [-0.25, -0.2) is 12.7 Å². The molecule has 0 aliphatic carbocycles. The van der Waals surface area contributed by atoms with E-state index < -0.39 is 14.9 Å². The monoisotopic (exact) mass is 256 g/mol. The van der Waals surface area contributed by atoms with E-state index in [1.807, 2.05) is 0 Å². The molecule has 0 aromatic heterocycles. The van der Waals surface area contributed by atoms with Crippen LogP contribution in [0.2, 0.25) is 0 Å². The van der Waals surface area contributed by atoms with Crippen LogP contribution in [0.15, 0.2) is 12.1 Å². The van der Waals surface area contributed by atoms with E-state index in [2.05, 4.69) is 0 Å². The molecule has 0 fully saturated rings. The van der Waals surface area contributed by atoms with Crippen molar-refractivity contribution in [2.45, 2.75) is 19.2 Å². The van der Waals surface area contributed by atoms with Crippen molar-refractivity contribution in [1.29, 1.82) is 0 Å². The van der Waals surface area contributed by atoms with Crippen molar-refractivity contribution in [3.63, 3.8) is 0 Å². The standard InChI is InChI=1S/C10H12N2O4S/c1-7-3-4-8-5-11(2)17(15,16)6-9(8)10(7)12(13)14/h3-4H,5-6H2,1-2H3. The summed E-state index contributed by atoms with van der Waals surface area (Å²) in [6.45, 7) is 1.81. The summed E-state index contributed by atoms with van der Waals surface area (Å²) in [5.41, 5.74) is 1.46. The fraction of sp³-hybridized carbons (Fsp3) is 0.400. The van der Waals surface area contributed by atoms with Crippen molar-refractivity contribution in [2.24, 2.45) is 0 Å². The minimum absolute atomic E-state index is 0.0702. The van der Waals surface area contributed by atoms with Crippen LogP contribution in [0.5, 0.6) is 0 Å². The average Bonchev–Trinajstić information content (AvgIpc) is 2.19. The Labute approximate surface area is 99.1 Å². The normalized spacial score (nSPS) is 18.7. The van der Waals surface area contributed by atoms with Gasteiger partial charge in [0.2, 0.25) is 10.0 Å². The van der Waals surface area contributed by atoms with Gasteiger partial charge < -0.3 is 0 Å². The second-order valence-electron chi connectivity index (χ2n) is 4.14. The first-order chi connectivity index (χ1) is 7.83. The van der Waals surface area contributed by atoms with E-state index in [1.165, 1.54) is 11.4 Å². The molecule has 92 valence electrons. The Morgan fingerprint density at radius 3 is 2.65 bits per heavy atom. The molecule has 6 nitrogen and oxygen atoms in total. The first-order valence-corrected chi connectivity index (χ1v) is 6.63. The topological polar surface area (TPSA) is 80.5 Å². The fourth-order valence-electron chi connectivity index (χ4n) is 1.99. The molecular formula is C10H12N2O4S. The number of hydrogen-bond acceptors (Lipinski definition) is 4. The third-order valence-electron chi connectivity index (χ3n) is 2.96. The molecule has 0 atom stereocenters. The van der Waals surface area contributed by atoms with Crippen molar-refractivity contribution in [1.82, 2.24) is 4.31 Å². The zero-order valence-electron chi connectivity index (χ0n) is 9.50. The number of nitro benzene ring substituents is 1. The third kappa shape index (κ3) is 1.91. The smallest absolute Gasteiger partial charge is 0.258 e. The van der Waals surface area contributed by atoms with Gasteiger partial charge in [-0.3, -0.25) is 10.1 Å². The highest BCUT2D eigenvalue weighted by Gasteiger charge is 2.32. The van der Waals surface area contributed by atoms with Crippen LogP contribution >= 0.6 is 0 Å². The summed E-state index contributed by atoms with van der Waals surface area (Å²) >= 11 is 0. The Bertz CT molecular complexity index is 595. The van der Waals surface area contributed by atoms with Gasteiger partial charge in [-0.2, -0.15) is 0 Å². The van der Waals surface area contributed by atoms with Gasteiger partial charge in [0.25, 0.3) is 5.69 Å². The number of rotatable bonds is 1. The summed E-state index contributed by atoms with van der Waals surface area (Å²) in [4.78, 5) is 10.5. The van der Waals surface area contributed by atoms with Gasteiger partial charge in [-0.05, 0) is 12.5 Å². The highest BCUT2D eigenvalue weighted by atomic mass is 32.2. The molecule has 1 aliphatic rings. The maximum absolute atomic E-state index is 11.7. The summed E-state index contributed by atoms with van der Waals surface area (Å²) in [5.74, 6) is -0.295. The summed E-state index contributed by atoms with van der Waals surface area (Å²) in [6, 6.07) is 3.41. The van der Waals surface area contributed by atoms with Gasteiger partial charge >= 0.3 is 0 Å². The van der Waals surface area contributed by atoms with Crippen LogP contribution in [0.25, 0.3) is 0 Å². The predicted molar refractivity (Wildman–Crippen MR) is 61.9 cm³/mol. The van der Waals surface area contributed by atoms with E-state index in [4.69, 9.17) is 0 Å². The lowest BCUT2D eigenvalue weighted by Crippen LogP contribution is -2.33. The molecule has 1 aromatic rings. The first-order valence-electron chi connectivity index (χ1n) is 5.02. The number of benzene rings is 1. The molecule has 0 bridgehead atoms. The Balaban J connectivity index is 2.68. The second-order valence-corrected chi connectivity index (χ2v) is 6.21. The quantitative estimate of drug-likeness (QED) is 0.558. The highest BCUT2D eigenvalue weighted by Crippen LogP contribution is 2.33. The summed E-state index contributed by atoms with van der Waals surface area (Å²) in [7, 11) is -1.94. The molecule has 0 spiro atoms. The largest absolute Gasteiger partial charge is 0.276 e. The molecule has 0 saturated heterocycles. The molecule has 1 aliphatic heterocycles. The van der Waals surface area contributed by atoms with Crippen LogP contribution in [0.3, 0.4) is 0 Å². The van der Waals surface area contributed by atoms with Crippen molar-refractivity contribution in [2.75, 3.05) is 7.05 Å². The van der Waals surface area contributed by atoms with Gasteiger partial charge in [0.1, 0.15) is 0 Å². The molecule has 0 N–H and O–H groups in total. The zero-order valence-corrected chi connectivity index (χ0v) is 10.3. The summed E-state index contributed by atoms with van der Waals surface area (Å²) < 4.78 is 24.7. The molecule has 0 amide bonds. The zero-order chi connectivity index (χ0) is 12.8. The van der Waals surface area contributed by atoms with Gasteiger partial charge in [0.15, 0.2) is 0 Å². The highest BCUT2D eigenvalue weighted by molar-refractivity contribution is 7.88. The molecular weight excluding hydrogens is 244 g/mol. The van der Waals surface area contributed by atoms with Gasteiger partial charge in [-0.1, -0.05) is 12.1 Å². The van der Waals surface area contributed by atoms with Crippen LogP contribution in [-0.4, -0.2) is 24.7 Å². The molecule has 0 radical (unpaired) electrons. The van der Waals surface area contributed by atoms with Gasteiger partial charge in [-0.15, -0.1) is 0 Å². The summed E-state index contributed by atoms with van der Waals surface area (Å²) in [6.07, 6.45) is 0. The van der Waals surface area contributed by atoms with E-state index >= 15 is 0 Å². The van der Waals surface area contributed by atoms with E-state index in [0.29, 0.717) is 16.7 Å². The maximum Gasteiger partial charge on any atom is 0.276 e. The number of nitrogens with zero attached hydrogens (tertiary/aromatic N) is 2. The Morgan fingerprint density at radius 2 is 2.06 bits per heavy atom. The minimum atomic E-state index is -3.42. The van der Waals surface area contributed by atoms with Crippen LogP contribution in [0.4, 0.5) is 5.69 Å². The molecule has 2 rings (SSSR count). The number of fused-ring (bicyclic) bond motifs is 1. The third-order valence-corrected chi connectivity index (χ3v) is 4.69. The fourth-order valence-corrected chi connectivity index (χ4v) is 3.23. The Morgan fingerprint density at radius 1 is 1.41 bits per heavy atom. The summed E-state index contributed by atoms with van der Waals surface area (Å²) in [5, 5.41) is 11.0. The molecule has 1 aromatic carbocycles. The van der Waals surface area contributed by atoms with E-state index in [-0.39, 0.29) is 18.0 Å². The molecule has 7 heteroatoms. The first kappa shape index (κ1) is 12.0. The molecule has 0 saturated carbocycles. The molecule has 1 heterocycles. The Kier molecular flexibility index (Phi) is 2.67. The van der Waals surface area contributed by atoms with E-state index in [9.17, 15) is 18.5 Å². The molecule has 0 unspecified atom stereocenters. The SMILES string of the molecule is Cc1ccc2c(c1[N+](=O)[O-])CS(=O)(=O)N(C)C2. The van der Waals surface area contributed by atoms with Gasteiger partial charge in [0.05, 0.1) is 16.2 Å². The number of nitro groups is 1. The lowest BCUT2D eigenvalue weighted by molar-refractivity contribution is -0.386. The van der Waals surface area contributed by atoms with Crippen molar-refractivity contribution in [3.05, 3.63) is 38.9 Å².